The minimum absolute atomic E-state index is 0.0670. The highest BCUT2D eigenvalue weighted by atomic mass is 19.1. The van der Waals surface area contributed by atoms with Crippen LogP contribution in [-0.2, 0) is 24.4 Å². The van der Waals surface area contributed by atoms with Crippen molar-refractivity contribution in [2.45, 2.75) is 32.9 Å². The number of fused-ring (bicyclic) bond motifs is 1. The third-order valence-electron chi connectivity index (χ3n) is 5.23. The molecule has 0 aliphatic rings. The van der Waals surface area contributed by atoms with E-state index >= 15 is 0 Å². The Bertz CT molecular complexity index is 1220. The molecule has 4 rings (SSSR count). The Hall–Kier alpha value is -3.67. The van der Waals surface area contributed by atoms with E-state index in [9.17, 15) is 9.18 Å². The SMILES string of the molecule is CCn1ncc2cc(-c3cc(CCC(=O)O)ccc3OCc3ccc(F)cc3)ccc21. The number of hydrogen-bond donors (Lipinski definition) is 1. The molecule has 0 spiro atoms. The first kappa shape index (κ1) is 20.6. The quantitative estimate of drug-likeness (QED) is 0.413. The van der Waals surface area contributed by atoms with Gasteiger partial charge in [0.15, 0.2) is 0 Å². The van der Waals surface area contributed by atoms with Crippen LogP contribution >= 0.6 is 0 Å². The molecule has 0 aliphatic heterocycles. The monoisotopic (exact) mass is 418 g/mol. The standard InChI is InChI=1S/C25H23FN2O3/c1-2-28-23-10-7-19(14-20(23)15-27-28)22-13-17(6-12-25(29)30)5-11-24(22)31-16-18-3-8-21(26)9-4-18/h3-5,7-11,13-15H,2,6,12,16H2,1H3,(H,29,30). The first-order chi connectivity index (χ1) is 15.0. The molecule has 1 heterocycles. The molecule has 4 aromatic rings. The van der Waals surface area contributed by atoms with Crippen molar-refractivity contribution in [3.63, 3.8) is 0 Å². The summed E-state index contributed by atoms with van der Waals surface area (Å²) in [4.78, 5) is 11.0. The van der Waals surface area contributed by atoms with Crippen LogP contribution in [0.5, 0.6) is 5.75 Å². The summed E-state index contributed by atoms with van der Waals surface area (Å²) in [5.74, 6) is -0.426. The smallest absolute Gasteiger partial charge is 0.303 e. The largest absolute Gasteiger partial charge is 0.488 e. The second-order valence-corrected chi connectivity index (χ2v) is 7.37. The van der Waals surface area contributed by atoms with E-state index in [4.69, 9.17) is 9.84 Å². The second kappa shape index (κ2) is 9.00. The zero-order valence-corrected chi connectivity index (χ0v) is 17.2. The summed E-state index contributed by atoms with van der Waals surface area (Å²) in [6, 6.07) is 18.1. The van der Waals surface area contributed by atoms with Gasteiger partial charge in [-0.15, -0.1) is 0 Å². The fourth-order valence-electron chi connectivity index (χ4n) is 3.58. The lowest BCUT2D eigenvalue weighted by Crippen LogP contribution is -2.00. The van der Waals surface area contributed by atoms with Crippen molar-refractivity contribution in [1.29, 1.82) is 0 Å². The van der Waals surface area contributed by atoms with Crippen LogP contribution in [0.4, 0.5) is 4.39 Å². The summed E-state index contributed by atoms with van der Waals surface area (Å²) < 4.78 is 21.2. The molecule has 0 atom stereocenters. The van der Waals surface area contributed by atoms with Crippen LogP contribution < -0.4 is 4.74 Å². The fourth-order valence-corrected chi connectivity index (χ4v) is 3.58. The van der Waals surface area contributed by atoms with E-state index in [-0.39, 0.29) is 12.2 Å². The Balaban J connectivity index is 1.68. The lowest BCUT2D eigenvalue weighted by atomic mass is 9.98. The van der Waals surface area contributed by atoms with Crippen LogP contribution in [0, 0.1) is 5.82 Å². The van der Waals surface area contributed by atoms with Crippen molar-refractivity contribution in [3.05, 3.63) is 83.8 Å². The van der Waals surface area contributed by atoms with Crippen LogP contribution in [0.15, 0.2) is 66.9 Å². The van der Waals surface area contributed by atoms with Gasteiger partial charge in [-0.1, -0.05) is 24.3 Å². The molecular formula is C25H23FN2O3. The molecule has 0 aliphatic carbocycles. The molecule has 0 saturated heterocycles. The van der Waals surface area contributed by atoms with E-state index in [1.54, 1.807) is 12.1 Å². The number of benzene rings is 3. The molecule has 158 valence electrons. The van der Waals surface area contributed by atoms with Crippen molar-refractivity contribution < 1.29 is 19.0 Å². The van der Waals surface area contributed by atoms with Gasteiger partial charge in [0, 0.05) is 23.9 Å². The number of carbonyl (C=O) groups is 1. The van der Waals surface area contributed by atoms with Gasteiger partial charge in [-0.2, -0.15) is 5.10 Å². The van der Waals surface area contributed by atoms with E-state index in [0.717, 1.165) is 39.7 Å². The fraction of sp³-hybridized carbons (Fsp3) is 0.200. The first-order valence-electron chi connectivity index (χ1n) is 10.2. The number of aryl methyl sites for hydroxylation is 2. The number of aromatic nitrogens is 2. The van der Waals surface area contributed by atoms with Gasteiger partial charge >= 0.3 is 5.97 Å². The Morgan fingerprint density at radius 2 is 1.84 bits per heavy atom. The van der Waals surface area contributed by atoms with E-state index in [1.807, 2.05) is 48.1 Å². The van der Waals surface area contributed by atoms with Crippen molar-refractivity contribution >= 4 is 16.9 Å². The van der Waals surface area contributed by atoms with Gasteiger partial charge < -0.3 is 9.84 Å². The molecule has 3 aromatic carbocycles. The maximum Gasteiger partial charge on any atom is 0.303 e. The lowest BCUT2D eigenvalue weighted by Gasteiger charge is -2.14. The molecule has 0 amide bonds. The lowest BCUT2D eigenvalue weighted by molar-refractivity contribution is -0.136. The number of halogens is 1. The number of rotatable bonds is 8. The van der Waals surface area contributed by atoms with E-state index in [2.05, 4.69) is 11.2 Å². The van der Waals surface area contributed by atoms with Crippen LogP contribution in [0.2, 0.25) is 0 Å². The summed E-state index contributed by atoms with van der Waals surface area (Å²) in [6.45, 7) is 3.14. The van der Waals surface area contributed by atoms with Gasteiger partial charge in [0.25, 0.3) is 0 Å². The topological polar surface area (TPSA) is 64.4 Å². The molecule has 6 heteroatoms. The van der Waals surface area contributed by atoms with Gasteiger partial charge in [0.05, 0.1) is 11.7 Å². The minimum atomic E-state index is -0.827. The van der Waals surface area contributed by atoms with Crippen LogP contribution in [0.3, 0.4) is 0 Å². The average Bonchev–Trinajstić information content (AvgIpc) is 3.20. The van der Waals surface area contributed by atoms with Gasteiger partial charge in [0.2, 0.25) is 0 Å². The van der Waals surface area contributed by atoms with Gasteiger partial charge in [0.1, 0.15) is 18.2 Å². The minimum Gasteiger partial charge on any atom is -0.488 e. The molecule has 1 aromatic heterocycles. The highest BCUT2D eigenvalue weighted by Gasteiger charge is 2.12. The summed E-state index contributed by atoms with van der Waals surface area (Å²) in [6.07, 6.45) is 2.35. The maximum atomic E-state index is 13.2. The van der Waals surface area contributed by atoms with E-state index < -0.39 is 5.97 Å². The Morgan fingerprint density at radius 3 is 2.58 bits per heavy atom. The highest BCUT2D eigenvalue weighted by molar-refractivity contribution is 5.86. The summed E-state index contributed by atoms with van der Waals surface area (Å²) in [5.41, 5.74) is 4.70. The maximum absolute atomic E-state index is 13.2. The summed E-state index contributed by atoms with van der Waals surface area (Å²) in [7, 11) is 0. The number of carboxylic acids is 1. The molecule has 0 fully saturated rings. The molecule has 0 bridgehead atoms. The number of carboxylic acid groups (broad SMARTS) is 1. The molecule has 31 heavy (non-hydrogen) atoms. The van der Waals surface area contributed by atoms with E-state index in [0.29, 0.717) is 18.8 Å². The predicted molar refractivity (Wildman–Crippen MR) is 118 cm³/mol. The Morgan fingerprint density at radius 1 is 1.06 bits per heavy atom. The summed E-state index contributed by atoms with van der Waals surface area (Å²) >= 11 is 0. The average molecular weight is 418 g/mol. The van der Waals surface area contributed by atoms with Gasteiger partial charge in [-0.25, -0.2) is 4.39 Å². The summed E-state index contributed by atoms with van der Waals surface area (Å²) in [5, 5.41) is 14.5. The number of aliphatic carboxylic acids is 1. The molecule has 0 saturated carbocycles. The third kappa shape index (κ3) is 4.74. The first-order valence-corrected chi connectivity index (χ1v) is 10.2. The zero-order chi connectivity index (χ0) is 21.8. The van der Waals surface area contributed by atoms with Gasteiger partial charge in [-0.3, -0.25) is 9.48 Å². The van der Waals surface area contributed by atoms with E-state index in [1.165, 1.54) is 12.1 Å². The molecule has 0 unspecified atom stereocenters. The van der Waals surface area contributed by atoms with Crippen molar-refractivity contribution in [1.82, 2.24) is 9.78 Å². The predicted octanol–water partition coefficient (Wildman–Crippen LogP) is 5.46. The number of nitrogens with zero attached hydrogens (tertiary/aromatic N) is 2. The third-order valence-corrected chi connectivity index (χ3v) is 5.23. The van der Waals surface area contributed by atoms with Crippen LogP contribution in [0.1, 0.15) is 24.5 Å². The molecule has 5 nitrogen and oxygen atoms in total. The van der Waals surface area contributed by atoms with Crippen LogP contribution in [-0.4, -0.2) is 20.9 Å². The Kier molecular flexibility index (Phi) is 5.98. The zero-order valence-electron chi connectivity index (χ0n) is 17.2. The van der Waals surface area contributed by atoms with Gasteiger partial charge in [-0.05, 0) is 66.4 Å². The second-order valence-electron chi connectivity index (χ2n) is 7.37. The highest BCUT2D eigenvalue weighted by Crippen LogP contribution is 2.34. The normalized spacial score (nSPS) is 11.0. The molecule has 0 radical (unpaired) electrons. The van der Waals surface area contributed by atoms with Crippen molar-refractivity contribution in [3.8, 4) is 16.9 Å². The van der Waals surface area contributed by atoms with Crippen molar-refractivity contribution in [2.24, 2.45) is 0 Å². The molecular weight excluding hydrogens is 395 g/mol. The van der Waals surface area contributed by atoms with Crippen LogP contribution in [0.25, 0.3) is 22.0 Å². The molecule has 1 N–H and O–H groups in total. The number of ether oxygens (including phenoxy) is 1. The van der Waals surface area contributed by atoms with Crippen molar-refractivity contribution in [2.75, 3.05) is 0 Å². The Labute approximate surface area is 179 Å². The number of hydrogen-bond acceptors (Lipinski definition) is 3.